The second-order valence-corrected chi connectivity index (χ2v) is 6.93. The highest BCUT2D eigenvalue weighted by atomic mass is 32.2. The van der Waals surface area contributed by atoms with Gasteiger partial charge in [0.05, 0.1) is 5.37 Å². The van der Waals surface area contributed by atoms with E-state index in [-0.39, 0.29) is 17.4 Å². The van der Waals surface area contributed by atoms with Crippen molar-refractivity contribution >= 4 is 23.8 Å². The first-order chi connectivity index (χ1) is 9.63. The maximum Gasteiger partial charge on any atom is 0.327 e. The number of carboxylic acid groups (broad SMARTS) is 1. The summed E-state index contributed by atoms with van der Waals surface area (Å²) in [6.07, 6.45) is 5.98. The summed E-state index contributed by atoms with van der Waals surface area (Å²) < 4.78 is 0. The van der Waals surface area contributed by atoms with Crippen LogP contribution in [0.3, 0.4) is 0 Å². The lowest BCUT2D eigenvalue weighted by molar-refractivity contribution is -0.141. The molecule has 0 aromatic heterocycles. The highest BCUT2D eigenvalue weighted by molar-refractivity contribution is 8.00. The largest absolute Gasteiger partial charge is 0.480 e. The van der Waals surface area contributed by atoms with Gasteiger partial charge in [-0.2, -0.15) is 0 Å². The minimum absolute atomic E-state index is 0.0506. The van der Waals surface area contributed by atoms with Crippen LogP contribution in [0.4, 0.5) is 4.79 Å². The van der Waals surface area contributed by atoms with Crippen LogP contribution in [0.2, 0.25) is 0 Å². The molecule has 0 aromatic rings. The number of carboxylic acids is 1. The molecular formula is C14H20N2O3S. The van der Waals surface area contributed by atoms with Gasteiger partial charge in [-0.1, -0.05) is 6.08 Å². The Hall–Kier alpha value is -1.17. The third-order valence-corrected chi connectivity index (χ3v) is 5.59. The van der Waals surface area contributed by atoms with Crippen molar-refractivity contribution in [3.8, 4) is 0 Å². The second kappa shape index (κ2) is 5.31. The summed E-state index contributed by atoms with van der Waals surface area (Å²) in [6, 6.07) is -0.508. The van der Waals surface area contributed by atoms with Crippen molar-refractivity contribution in [2.24, 2.45) is 5.92 Å². The fourth-order valence-corrected chi connectivity index (χ4v) is 4.39. The van der Waals surface area contributed by atoms with Crippen LogP contribution in [-0.4, -0.2) is 56.7 Å². The Balaban J connectivity index is 1.80. The fourth-order valence-electron chi connectivity index (χ4n) is 2.76. The van der Waals surface area contributed by atoms with Crippen LogP contribution >= 0.6 is 11.8 Å². The van der Waals surface area contributed by atoms with Crippen molar-refractivity contribution in [1.29, 1.82) is 0 Å². The van der Waals surface area contributed by atoms with Crippen molar-refractivity contribution in [3.63, 3.8) is 0 Å². The number of carbonyl (C=O) groups is 2. The molecule has 1 N–H and O–H groups in total. The molecule has 2 unspecified atom stereocenters. The van der Waals surface area contributed by atoms with Crippen molar-refractivity contribution in [3.05, 3.63) is 12.7 Å². The maximum atomic E-state index is 12.8. The topological polar surface area (TPSA) is 60.9 Å². The van der Waals surface area contributed by atoms with Gasteiger partial charge in [-0.3, -0.25) is 4.90 Å². The predicted molar refractivity (Wildman–Crippen MR) is 77.6 cm³/mol. The molecule has 1 aliphatic heterocycles. The average molecular weight is 296 g/mol. The molecule has 2 aliphatic carbocycles. The summed E-state index contributed by atoms with van der Waals surface area (Å²) >= 11 is 1.63. The van der Waals surface area contributed by atoms with Gasteiger partial charge in [-0.15, -0.1) is 18.3 Å². The number of hydrogen-bond donors (Lipinski definition) is 1. The van der Waals surface area contributed by atoms with Crippen LogP contribution in [0, 0.1) is 5.92 Å². The number of aliphatic carboxylic acids is 1. The van der Waals surface area contributed by atoms with Crippen molar-refractivity contribution < 1.29 is 14.7 Å². The Morgan fingerprint density at radius 3 is 2.55 bits per heavy atom. The van der Waals surface area contributed by atoms with Crippen LogP contribution in [0.15, 0.2) is 12.7 Å². The van der Waals surface area contributed by atoms with Crippen LogP contribution in [-0.2, 0) is 4.79 Å². The first-order valence-electron chi connectivity index (χ1n) is 7.17. The normalized spacial score (nSPS) is 29.3. The molecule has 0 spiro atoms. The summed E-state index contributed by atoms with van der Waals surface area (Å²) in [5.41, 5.74) is 0. The number of urea groups is 1. The van der Waals surface area contributed by atoms with Gasteiger partial charge >= 0.3 is 12.0 Å². The van der Waals surface area contributed by atoms with E-state index >= 15 is 0 Å². The highest BCUT2D eigenvalue weighted by Crippen LogP contribution is 2.46. The summed E-state index contributed by atoms with van der Waals surface area (Å²) in [5.74, 6) is 0.107. The molecule has 2 atom stereocenters. The third-order valence-electron chi connectivity index (χ3n) is 4.13. The van der Waals surface area contributed by atoms with Gasteiger partial charge in [0.1, 0.15) is 6.04 Å². The molecule has 2 amide bonds. The zero-order valence-corrected chi connectivity index (χ0v) is 12.2. The number of amides is 2. The van der Waals surface area contributed by atoms with E-state index in [4.69, 9.17) is 0 Å². The molecule has 110 valence electrons. The van der Waals surface area contributed by atoms with Crippen molar-refractivity contribution in [1.82, 2.24) is 9.80 Å². The van der Waals surface area contributed by atoms with Crippen LogP contribution in [0.5, 0.6) is 0 Å². The van der Waals surface area contributed by atoms with E-state index in [2.05, 4.69) is 6.58 Å². The minimum atomic E-state index is -0.886. The molecule has 3 rings (SSSR count). The van der Waals surface area contributed by atoms with Crippen LogP contribution in [0.25, 0.3) is 0 Å². The maximum absolute atomic E-state index is 12.8. The van der Waals surface area contributed by atoms with Gasteiger partial charge in [0.2, 0.25) is 0 Å². The number of thioether (sulfide) groups is 1. The van der Waals surface area contributed by atoms with Crippen molar-refractivity contribution in [2.75, 3.05) is 12.3 Å². The number of hydrogen-bond acceptors (Lipinski definition) is 3. The Kier molecular flexibility index (Phi) is 3.67. The molecular weight excluding hydrogens is 276 g/mol. The van der Waals surface area contributed by atoms with E-state index < -0.39 is 12.0 Å². The highest BCUT2D eigenvalue weighted by Gasteiger charge is 2.50. The molecule has 3 fully saturated rings. The summed E-state index contributed by atoms with van der Waals surface area (Å²) in [4.78, 5) is 27.7. The number of rotatable bonds is 5. The first-order valence-corrected chi connectivity index (χ1v) is 8.22. The van der Waals surface area contributed by atoms with Gasteiger partial charge in [0, 0.05) is 18.3 Å². The van der Waals surface area contributed by atoms with Gasteiger partial charge in [-0.25, -0.2) is 9.59 Å². The number of nitrogens with zero attached hydrogens (tertiary/aromatic N) is 2. The van der Waals surface area contributed by atoms with Crippen molar-refractivity contribution in [2.45, 2.75) is 43.1 Å². The van der Waals surface area contributed by atoms with Crippen LogP contribution in [0.1, 0.15) is 25.7 Å². The third kappa shape index (κ3) is 2.53. The summed E-state index contributed by atoms with van der Waals surface area (Å²) in [6.45, 7) is 4.21. The second-order valence-electron chi connectivity index (χ2n) is 5.78. The zero-order chi connectivity index (χ0) is 14.3. The Morgan fingerprint density at radius 1 is 1.35 bits per heavy atom. The minimum Gasteiger partial charge on any atom is -0.480 e. The molecule has 2 saturated carbocycles. The fraction of sp³-hybridized carbons (Fsp3) is 0.714. The molecule has 3 aliphatic rings. The monoisotopic (exact) mass is 296 g/mol. The molecule has 1 saturated heterocycles. The lowest BCUT2D eigenvalue weighted by atomic mass is 10.2. The molecule has 0 aromatic carbocycles. The van der Waals surface area contributed by atoms with E-state index in [1.54, 1.807) is 27.6 Å². The van der Waals surface area contributed by atoms with E-state index in [0.717, 1.165) is 25.7 Å². The Labute approximate surface area is 123 Å². The van der Waals surface area contributed by atoms with Gasteiger partial charge in [0.15, 0.2) is 0 Å². The summed E-state index contributed by atoms with van der Waals surface area (Å²) in [7, 11) is 0. The molecule has 0 radical (unpaired) electrons. The first kappa shape index (κ1) is 13.8. The van der Waals surface area contributed by atoms with Crippen LogP contribution < -0.4 is 0 Å². The van der Waals surface area contributed by atoms with E-state index in [1.165, 1.54) is 0 Å². The molecule has 20 heavy (non-hydrogen) atoms. The van der Waals surface area contributed by atoms with Gasteiger partial charge in [0.25, 0.3) is 0 Å². The van der Waals surface area contributed by atoms with E-state index in [9.17, 15) is 14.7 Å². The predicted octanol–water partition coefficient (Wildman–Crippen LogP) is 1.99. The van der Waals surface area contributed by atoms with E-state index in [0.29, 0.717) is 18.2 Å². The zero-order valence-electron chi connectivity index (χ0n) is 11.4. The molecule has 6 heteroatoms. The SMILES string of the molecule is C=CCN(C(=O)N1C(C(=O)O)CSC1C1CC1)C1CC1. The molecule has 0 bridgehead atoms. The molecule has 5 nitrogen and oxygen atoms in total. The van der Waals surface area contributed by atoms with Gasteiger partial charge < -0.3 is 10.0 Å². The Bertz CT molecular complexity index is 434. The molecule has 1 heterocycles. The quantitative estimate of drug-likeness (QED) is 0.788. The lowest BCUT2D eigenvalue weighted by Crippen LogP contribution is -2.52. The van der Waals surface area contributed by atoms with E-state index in [1.807, 2.05) is 0 Å². The van der Waals surface area contributed by atoms with Gasteiger partial charge in [-0.05, 0) is 31.6 Å². The number of carbonyl (C=O) groups excluding carboxylic acids is 1. The average Bonchev–Trinajstić information content (AvgIpc) is 3.33. The smallest absolute Gasteiger partial charge is 0.327 e. The Morgan fingerprint density at radius 2 is 2.05 bits per heavy atom. The lowest BCUT2D eigenvalue weighted by Gasteiger charge is -2.33. The standard InChI is InChI=1S/C14H20N2O3S/c1-2-7-15(10-5-6-10)14(19)16-11(13(17)18)8-20-12(16)9-3-4-9/h2,9-12H,1,3-8H2,(H,17,18). The summed E-state index contributed by atoms with van der Waals surface area (Å²) in [5, 5.41) is 9.42.